The van der Waals surface area contributed by atoms with Gasteiger partial charge in [0.2, 0.25) is 0 Å². The number of amides is 3. The molecule has 6 nitrogen and oxygen atoms in total. The van der Waals surface area contributed by atoms with Gasteiger partial charge in [0.25, 0.3) is 5.91 Å². The van der Waals surface area contributed by atoms with Crippen LogP contribution in [0.5, 0.6) is 0 Å². The second kappa shape index (κ2) is 8.46. The van der Waals surface area contributed by atoms with Gasteiger partial charge in [-0.1, -0.05) is 43.6 Å². The smallest absolute Gasteiger partial charge is 0.324 e. The zero-order valence-corrected chi connectivity index (χ0v) is 14.6. The Labute approximate surface area is 146 Å². The van der Waals surface area contributed by atoms with Crippen molar-refractivity contribution in [3.63, 3.8) is 0 Å². The molecule has 2 rings (SSSR count). The molecule has 1 aromatic rings. The average Bonchev–Trinajstić information content (AvgIpc) is 2.76. The summed E-state index contributed by atoms with van der Waals surface area (Å²) in [6, 6.07) is 6.31. The highest BCUT2D eigenvalue weighted by Gasteiger charge is 2.38. The fourth-order valence-corrected chi connectivity index (χ4v) is 2.76. The van der Waals surface area contributed by atoms with E-state index in [1.54, 1.807) is 6.07 Å². The molecule has 0 spiro atoms. The Morgan fingerprint density at radius 2 is 2.04 bits per heavy atom. The molecule has 24 heavy (non-hydrogen) atoms. The zero-order valence-electron chi connectivity index (χ0n) is 13.9. The van der Waals surface area contributed by atoms with E-state index >= 15 is 0 Å². The maximum absolute atomic E-state index is 12.2. The van der Waals surface area contributed by atoms with Crippen LogP contribution in [0.25, 0.3) is 0 Å². The van der Waals surface area contributed by atoms with Crippen LogP contribution in [0.1, 0.15) is 25.8 Å². The number of aliphatic hydroxyl groups is 1. The molecule has 3 amide bonds. The first kappa shape index (κ1) is 18.7. The molecule has 1 saturated heterocycles. The third-order valence-corrected chi connectivity index (χ3v) is 4.10. The van der Waals surface area contributed by atoms with Crippen molar-refractivity contribution < 1.29 is 19.4 Å². The molecule has 2 unspecified atom stereocenters. The molecular weight excluding hydrogens is 332 g/mol. The maximum Gasteiger partial charge on any atom is 0.324 e. The predicted molar refractivity (Wildman–Crippen MR) is 90.6 cm³/mol. The molecule has 1 aliphatic rings. The standard InChI is InChI=1S/C17H23ClN2O4/c1-11(2)7-15-16(22)20(17(23)19-15)8-13(21)10-24-9-12-5-3-4-6-14(12)18/h3-6,11,13,15,21H,7-10H2,1-2H3,(H,19,23). The highest BCUT2D eigenvalue weighted by Crippen LogP contribution is 2.17. The van der Waals surface area contributed by atoms with Gasteiger partial charge in [0.05, 0.1) is 25.9 Å². The van der Waals surface area contributed by atoms with Crippen LogP contribution in [0.3, 0.4) is 0 Å². The number of β-amino-alcohol motifs (C(OH)–C–C–N with tert-alkyl or cyclic N) is 1. The number of carbonyl (C=O) groups is 2. The fraction of sp³-hybridized carbons (Fsp3) is 0.529. The van der Waals surface area contributed by atoms with Crippen LogP contribution in [-0.2, 0) is 16.1 Å². The lowest BCUT2D eigenvalue weighted by Gasteiger charge is -2.18. The van der Waals surface area contributed by atoms with Crippen molar-refractivity contribution in [3.05, 3.63) is 34.9 Å². The summed E-state index contributed by atoms with van der Waals surface area (Å²) in [4.78, 5) is 25.1. The van der Waals surface area contributed by atoms with Gasteiger partial charge in [-0.25, -0.2) is 4.79 Å². The van der Waals surface area contributed by atoms with Crippen molar-refractivity contribution in [2.45, 2.75) is 39.0 Å². The van der Waals surface area contributed by atoms with Crippen LogP contribution in [0.15, 0.2) is 24.3 Å². The minimum Gasteiger partial charge on any atom is -0.389 e. The van der Waals surface area contributed by atoms with Crippen LogP contribution in [0.2, 0.25) is 5.02 Å². The highest BCUT2D eigenvalue weighted by atomic mass is 35.5. The van der Waals surface area contributed by atoms with Crippen LogP contribution >= 0.6 is 11.6 Å². The molecule has 1 aromatic carbocycles. The monoisotopic (exact) mass is 354 g/mol. The minimum atomic E-state index is -0.944. The summed E-state index contributed by atoms with van der Waals surface area (Å²) in [6.07, 6.45) is -0.361. The molecule has 0 bridgehead atoms. The van der Waals surface area contributed by atoms with E-state index in [2.05, 4.69) is 5.32 Å². The maximum atomic E-state index is 12.2. The van der Waals surface area contributed by atoms with Gasteiger partial charge in [0.1, 0.15) is 6.04 Å². The molecular formula is C17H23ClN2O4. The van der Waals surface area contributed by atoms with Crippen molar-refractivity contribution in [3.8, 4) is 0 Å². The second-order valence-electron chi connectivity index (χ2n) is 6.34. The molecule has 0 aromatic heterocycles. The number of nitrogens with one attached hydrogen (secondary N) is 1. The van der Waals surface area contributed by atoms with Gasteiger partial charge in [-0.05, 0) is 24.0 Å². The highest BCUT2D eigenvalue weighted by molar-refractivity contribution is 6.31. The summed E-state index contributed by atoms with van der Waals surface area (Å²) < 4.78 is 5.43. The van der Waals surface area contributed by atoms with E-state index in [0.717, 1.165) is 10.5 Å². The van der Waals surface area contributed by atoms with Crippen LogP contribution < -0.4 is 5.32 Å². The Morgan fingerprint density at radius 3 is 2.71 bits per heavy atom. The normalized spacial score (nSPS) is 19.0. The van der Waals surface area contributed by atoms with Gasteiger partial charge in [0.15, 0.2) is 0 Å². The van der Waals surface area contributed by atoms with E-state index in [0.29, 0.717) is 17.4 Å². The Balaban J connectivity index is 1.79. The number of rotatable bonds is 8. The Hall–Kier alpha value is -1.63. The number of imide groups is 1. The topological polar surface area (TPSA) is 78.9 Å². The summed E-state index contributed by atoms with van der Waals surface area (Å²) in [6.45, 7) is 4.16. The summed E-state index contributed by atoms with van der Waals surface area (Å²) in [5.74, 6) is 0.00179. The Kier molecular flexibility index (Phi) is 6.60. The van der Waals surface area contributed by atoms with Gasteiger partial charge >= 0.3 is 6.03 Å². The SMILES string of the molecule is CC(C)CC1NC(=O)N(CC(O)COCc2ccccc2Cl)C1=O. The second-order valence-corrected chi connectivity index (χ2v) is 6.75. The largest absolute Gasteiger partial charge is 0.389 e. The first-order valence-electron chi connectivity index (χ1n) is 7.99. The molecule has 2 N–H and O–H groups in total. The Bertz CT molecular complexity index is 594. The van der Waals surface area contributed by atoms with E-state index in [1.807, 2.05) is 32.0 Å². The van der Waals surface area contributed by atoms with Crippen molar-refractivity contribution in [1.82, 2.24) is 10.2 Å². The van der Waals surface area contributed by atoms with Crippen LogP contribution in [-0.4, -0.2) is 47.2 Å². The van der Waals surface area contributed by atoms with Gasteiger partial charge in [0, 0.05) is 5.02 Å². The van der Waals surface area contributed by atoms with Crippen molar-refractivity contribution in [2.24, 2.45) is 5.92 Å². The first-order valence-corrected chi connectivity index (χ1v) is 8.37. The molecule has 0 radical (unpaired) electrons. The molecule has 0 aliphatic carbocycles. The van der Waals surface area contributed by atoms with Crippen molar-refractivity contribution >= 4 is 23.5 Å². The molecule has 1 heterocycles. The lowest BCUT2D eigenvalue weighted by atomic mass is 10.0. The molecule has 1 aliphatic heterocycles. The van der Waals surface area contributed by atoms with E-state index in [4.69, 9.17) is 16.3 Å². The predicted octanol–water partition coefficient (Wildman–Crippen LogP) is 2.18. The number of hydrogen-bond donors (Lipinski definition) is 2. The average molecular weight is 355 g/mol. The summed E-state index contributed by atoms with van der Waals surface area (Å²) in [5.41, 5.74) is 0.818. The number of benzene rings is 1. The Morgan fingerprint density at radius 1 is 1.33 bits per heavy atom. The van der Waals surface area contributed by atoms with Gasteiger partial charge in [-0.15, -0.1) is 0 Å². The number of ether oxygens (including phenoxy) is 1. The lowest BCUT2D eigenvalue weighted by molar-refractivity contribution is -0.129. The van der Waals surface area contributed by atoms with E-state index in [1.165, 1.54) is 0 Å². The van der Waals surface area contributed by atoms with Crippen LogP contribution in [0.4, 0.5) is 4.79 Å². The van der Waals surface area contributed by atoms with Gasteiger partial charge in [-0.3, -0.25) is 9.69 Å². The minimum absolute atomic E-state index is 0.0110. The molecule has 2 atom stereocenters. The summed E-state index contributed by atoms with van der Waals surface area (Å²) in [5, 5.41) is 13.3. The summed E-state index contributed by atoms with van der Waals surface area (Å²) >= 11 is 6.02. The molecule has 1 fully saturated rings. The molecule has 0 saturated carbocycles. The number of carbonyl (C=O) groups excluding carboxylic acids is 2. The van der Waals surface area contributed by atoms with E-state index in [-0.39, 0.29) is 25.7 Å². The zero-order chi connectivity index (χ0) is 17.7. The lowest BCUT2D eigenvalue weighted by Crippen LogP contribution is -2.39. The number of hydrogen-bond acceptors (Lipinski definition) is 4. The summed E-state index contributed by atoms with van der Waals surface area (Å²) in [7, 11) is 0. The van der Waals surface area contributed by atoms with Crippen LogP contribution in [0, 0.1) is 5.92 Å². The number of nitrogens with zero attached hydrogens (tertiary/aromatic N) is 1. The van der Waals surface area contributed by atoms with E-state index < -0.39 is 18.2 Å². The van der Waals surface area contributed by atoms with Gasteiger partial charge < -0.3 is 15.2 Å². The molecule has 132 valence electrons. The van der Waals surface area contributed by atoms with E-state index in [9.17, 15) is 14.7 Å². The number of aliphatic hydroxyl groups excluding tert-OH is 1. The molecule has 7 heteroatoms. The number of halogens is 1. The third-order valence-electron chi connectivity index (χ3n) is 3.73. The third kappa shape index (κ3) is 4.93. The fourth-order valence-electron chi connectivity index (χ4n) is 2.56. The van der Waals surface area contributed by atoms with Gasteiger partial charge in [-0.2, -0.15) is 0 Å². The van der Waals surface area contributed by atoms with Crippen molar-refractivity contribution in [1.29, 1.82) is 0 Å². The number of urea groups is 1. The first-order chi connectivity index (χ1) is 11.4. The quantitative estimate of drug-likeness (QED) is 0.701. The van der Waals surface area contributed by atoms with Crippen molar-refractivity contribution in [2.75, 3.05) is 13.2 Å².